The molecule has 0 amide bonds. The van der Waals surface area contributed by atoms with Gasteiger partial charge in [-0.2, -0.15) is 0 Å². The SMILES string of the molecule is [CH2]c1cnc2ccc(Cl)cc2c1C(C)C. The molecule has 0 aliphatic heterocycles. The number of pyridine rings is 1. The Hall–Kier alpha value is -1.08. The van der Waals surface area contributed by atoms with Crippen molar-refractivity contribution in [3.63, 3.8) is 0 Å². The highest BCUT2D eigenvalue weighted by Crippen LogP contribution is 2.28. The molecule has 0 fully saturated rings. The molecule has 0 unspecified atom stereocenters. The van der Waals surface area contributed by atoms with Gasteiger partial charge in [0.05, 0.1) is 5.52 Å². The van der Waals surface area contributed by atoms with Crippen molar-refractivity contribution in [2.24, 2.45) is 0 Å². The molecular weight excluding hydrogens is 206 g/mol. The van der Waals surface area contributed by atoms with E-state index < -0.39 is 0 Å². The third kappa shape index (κ3) is 1.84. The summed E-state index contributed by atoms with van der Waals surface area (Å²) in [5.41, 5.74) is 3.21. The molecule has 0 N–H and O–H groups in total. The summed E-state index contributed by atoms with van der Waals surface area (Å²) in [6.07, 6.45) is 1.82. The van der Waals surface area contributed by atoms with Crippen LogP contribution in [-0.2, 0) is 0 Å². The van der Waals surface area contributed by atoms with Crippen molar-refractivity contribution in [3.05, 3.63) is 47.5 Å². The summed E-state index contributed by atoms with van der Waals surface area (Å²) >= 11 is 6.00. The van der Waals surface area contributed by atoms with Gasteiger partial charge in [0, 0.05) is 16.6 Å². The van der Waals surface area contributed by atoms with Crippen LogP contribution in [0.2, 0.25) is 5.02 Å². The van der Waals surface area contributed by atoms with Gasteiger partial charge < -0.3 is 0 Å². The van der Waals surface area contributed by atoms with Gasteiger partial charge in [0.25, 0.3) is 0 Å². The number of halogens is 1. The fourth-order valence-electron chi connectivity index (χ4n) is 1.91. The van der Waals surface area contributed by atoms with Crippen LogP contribution in [-0.4, -0.2) is 4.98 Å². The molecule has 0 aliphatic carbocycles. The molecule has 77 valence electrons. The average Bonchev–Trinajstić information content (AvgIpc) is 2.16. The summed E-state index contributed by atoms with van der Waals surface area (Å²) in [6.45, 7) is 8.33. The molecule has 1 nitrogen and oxygen atoms in total. The fourth-order valence-corrected chi connectivity index (χ4v) is 2.08. The molecule has 15 heavy (non-hydrogen) atoms. The third-order valence-electron chi connectivity index (χ3n) is 2.53. The molecular formula is C13H13ClN. The Kier molecular flexibility index (Phi) is 2.66. The lowest BCUT2D eigenvalue weighted by molar-refractivity contribution is 0.869. The second-order valence-corrected chi connectivity index (χ2v) is 4.45. The highest BCUT2D eigenvalue weighted by molar-refractivity contribution is 6.31. The van der Waals surface area contributed by atoms with Crippen LogP contribution in [0.25, 0.3) is 10.9 Å². The first-order chi connectivity index (χ1) is 7.09. The van der Waals surface area contributed by atoms with Gasteiger partial charge in [-0.25, -0.2) is 0 Å². The van der Waals surface area contributed by atoms with Gasteiger partial charge in [-0.05, 0) is 42.2 Å². The van der Waals surface area contributed by atoms with Gasteiger partial charge in [0.2, 0.25) is 0 Å². The van der Waals surface area contributed by atoms with Crippen LogP contribution in [0.5, 0.6) is 0 Å². The lowest BCUT2D eigenvalue weighted by Gasteiger charge is -2.12. The first kappa shape index (κ1) is 10.4. The highest BCUT2D eigenvalue weighted by atomic mass is 35.5. The molecule has 1 radical (unpaired) electrons. The predicted octanol–water partition coefficient (Wildman–Crippen LogP) is 4.19. The Morgan fingerprint density at radius 2 is 2.07 bits per heavy atom. The van der Waals surface area contributed by atoms with E-state index >= 15 is 0 Å². The fraction of sp³-hybridized carbons (Fsp3) is 0.231. The maximum absolute atomic E-state index is 6.00. The van der Waals surface area contributed by atoms with E-state index in [1.54, 1.807) is 0 Å². The van der Waals surface area contributed by atoms with E-state index in [-0.39, 0.29) is 0 Å². The van der Waals surface area contributed by atoms with Crippen LogP contribution < -0.4 is 0 Å². The first-order valence-corrected chi connectivity index (χ1v) is 5.37. The zero-order valence-electron chi connectivity index (χ0n) is 8.92. The highest BCUT2D eigenvalue weighted by Gasteiger charge is 2.09. The topological polar surface area (TPSA) is 12.9 Å². The normalized spacial score (nSPS) is 11.3. The second kappa shape index (κ2) is 3.82. The van der Waals surface area contributed by atoms with Gasteiger partial charge in [-0.3, -0.25) is 4.98 Å². The van der Waals surface area contributed by atoms with Gasteiger partial charge in [-0.15, -0.1) is 0 Å². The van der Waals surface area contributed by atoms with Gasteiger partial charge in [0.1, 0.15) is 0 Å². The van der Waals surface area contributed by atoms with E-state index in [9.17, 15) is 0 Å². The first-order valence-electron chi connectivity index (χ1n) is 4.99. The number of hydrogen-bond donors (Lipinski definition) is 0. The monoisotopic (exact) mass is 218 g/mol. The van der Waals surface area contributed by atoms with E-state index in [1.165, 1.54) is 5.56 Å². The minimum atomic E-state index is 0.432. The van der Waals surface area contributed by atoms with Crippen LogP contribution in [0, 0.1) is 6.92 Å². The average molecular weight is 219 g/mol. The van der Waals surface area contributed by atoms with E-state index in [0.29, 0.717) is 5.92 Å². The molecule has 1 aromatic heterocycles. The molecule has 2 aromatic rings. The maximum atomic E-state index is 6.00. The molecule has 0 spiro atoms. The van der Waals surface area contributed by atoms with Crippen LogP contribution in [0.3, 0.4) is 0 Å². The lowest BCUT2D eigenvalue weighted by Crippen LogP contribution is -1.95. The number of fused-ring (bicyclic) bond motifs is 1. The van der Waals surface area contributed by atoms with E-state index in [4.69, 9.17) is 11.6 Å². The summed E-state index contributed by atoms with van der Waals surface area (Å²) in [7, 11) is 0. The second-order valence-electron chi connectivity index (χ2n) is 4.01. The predicted molar refractivity (Wildman–Crippen MR) is 65.3 cm³/mol. The quantitative estimate of drug-likeness (QED) is 0.699. The molecule has 0 saturated heterocycles. The third-order valence-corrected chi connectivity index (χ3v) is 2.77. The van der Waals surface area contributed by atoms with E-state index in [2.05, 4.69) is 25.8 Å². The molecule has 1 heterocycles. The van der Waals surface area contributed by atoms with Crippen molar-refractivity contribution in [1.29, 1.82) is 0 Å². The van der Waals surface area contributed by atoms with E-state index in [0.717, 1.165) is 21.5 Å². The van der Waals surface area contributed by atoms with E-state index in [1.807, 2.05) is 24.4 Å². The number of nitrogens with zero attached hydrogens (tertiary/aromatic N) is 1. The Morgan fingerprint density at radius 3 is 2.73 bits per heavy atom. The summed E-state index contributed by atoms with van der Waals surface area (Å²) in [5.74, 6) is 0.432. The van der Waals surface area contributed by atoms with Gasteiger partial charge in [-0.1, -0.05) is 25.4 Å². The summed E-state index contributed by atoms with van der Waals surface area (Å²) in [5, 5.41) is 1.86. The minimum absolute atomic E-state index is 0.432. The summed E-state index contributed by atoms with van der Waals surface area (Å²) in [6, 6.07) is 5.78. The Labute approximate surface area is 95.1 Å². The van der Waals surface area contributed by atoms with Gasteiger partial charge >= 0.3 is 0 Å². The maximum Gasteiger partial charge on any atom is 0.0706 e. The molecule has 2 rings (SSSR count). The zero-order valence-corrected chi connectivity index (χ0v) is 9.67. The van der Waals surface area contributed by atoms with Crippen molar-refractivity contribution >= 4 is 22.5 Å². The zero-order chi connectivity index (χ0) is 11.0. The molecule has 0 atom stereocenters. The number of benzene rings is 1. The largest absolute Gasteiger partial charge is 0.256 e. The Balaban J connectivity index is 2.84. The molecule has 1 aromatic carbocycles. The Morgan fingerprint density at radius 1 is 1.33 bits per heavy atom. The number of rotatable bonds is 1. The minimum Gasteiger partial charge on any atom is -0.256 e. The van der Waals surface area contributed by atoms with Crippen molar-refractivity contribution in [2.75, 3.05) is 0 Å². The molecule has 0 aliphatic rings. The molecule has 0 bridgehead atoms. The van der Waals surface area contributed by atoms with Crippen LogP contribution >= 0.6 is 11.6 Å². The van der Waals surface area contributed by atoms with Crippen molar-refractivity contribution in [1.82, 2.24) is 4.98 Å². The van der Waals surface area contributed by atoms with Crippen LogP contribution in [0.1, 0.15) is 30.9 Å². The smallest absolute Gasteiger partial charge is 0.0706 e. The standard InChI is InChI=1S/C13H13ClN/c1-8(2)13-9(3)7-15-12-5-4-10(14)6-11(12)13/h4-8H,3H2,1-2H3. The summed E-state index contributed by atoms with van der Waals surface area (Å²) in [4.78, 5) is 4.34. The van der Waals surface area contributed by atoms with Crippen molar-refractivity contribution < 1.29 is 0 Å². The van der Waals surface area contributed by atoms with Gasteiger partial charge in [0.15, 0.2) is 0 Å². The summed E-state index contributed by atoms with van der Waals surface area (Å²) < 4.78 is 0. The number of hydrogen-bond acceptors (Lipinski definition) is 1. The van der Waals surface area contributed by atoms with Crippen LogP contribution in [0.15, 0.2) is 24.4 Å². The molecule has 2 heteroatoms. The van der Waals surface area contributed by atoms with Crippen molar-refractivity contribution in [3.8, 4) is 0 Å². The Bertz CT molecular complexity index is 498. The van der Waals surface area contributed by atoms with Crippen LogP contribution in [0.4, 0.5) is 0 Å². The molecule has 0 saturated carbocycles. The van der Waals surface area contributed by atoms with Crippen molar-refractivity contribution in [2.45, 2.75) is 19.8 Å². The lowest BCUT2D eigenvalue weighted by atomic mass is 9.95. The number of aromatic nitrogens is 1.